The Morgan fingerprint density at radius 3 is 2.69 bits per heavy atom. The van der Waals surface area contributed by atoms with E-state index in [1.54, 1.807) is 0 Å². The van der Waals surface area contributed by atoms with Crippen molar-refractivity contribution in [3.63, 3.8) is 0 Å². The predicted molar refractivity (Wildman–Crippen MR) is 71.5 cm³/mol. The molecule has 16 heavy (non-hydrogen) atoms. The van der Waals surface area contributed by atoms with Crippen molar-refractivity contribution in [3.8, 4) is 0 Å². The van der Waals surface area contributed by atoms with E-state index < -0.39 is 0 Å². The molecule has 0 radical (unpaired) electrons. The van der Waals surface area contributed by atoms with Gasteiger partial charge in [-0.05, 0) is 56.5 Å². The molecule has 0 aromatic heterocycles. The number of hydrogen-bond donors (Lipinski definition) is 2. The molecule has 1 aliphatic rings. The van der Waals surface area contributed by atoms with Crippen molar-refractivity contribution in [1.29, 1.82) is 0 Å². The molecule has 0 heterocycles. The summed E-state index contributed by atoms with van der Waals surface area (Å²) in [5, 5.41) is 3.67. The van der Waals surface area contributed by atoms with Crippen molar-refractivity contribution in [3.05, 3.63) is 0 Å². The molecule has 1 fully saturated rings. The van der Waals surface area contributed by atoms with Gasteiger partial charge in [-0.2, -0.15) is 0 Å². The van der Waals surface area contributed by atoms with Gasteiger partial charge < -0.3 is 11.1 Å². The fraction of sp³-hybridized carbons (Fsp3) is 1.00. The molecular formula is C14H30N2. The molecule has 1 saturated carbocycles. The first-order chi connectivity index (χ1) is 7.59. The summed E-state index contributed by atoms with van der Waals surface area (Å²) in [4.78, 5) is 0. The van der Waals surface area contributed by atoms with Crippen molar-refractivity contribution in [2.45, 2.75) is 65.3 Å². The van der Waals surface area contributed by atoms with Gasteiger partial charge in [-0.25, -0.2) is 0 Å². The van der Waals surface area contributed by atoms with E-state index >= 15 is 0 Å². The summed E-state index contributed by atoms with van der Waals surface area (Å²) in [6, 6.07) is 0.845. The van der Waals surface area contributed by atoms with E-state index in [4.69, 9.17) is 5.73 Å². The largest absolute Gasteiger partial charge is 0.330 e. The number of rotatable bonds is 9. The summed E-state index contributed by atoms with van der Waals surface area (Å²) in [6.07, 6.45) is 7.91. The zero-order chi connectivity index (χ0) is 12.0. The van der Waals surface area contributed by atoms with Crippen LogP contribution in [-0.2, 0) is 0 Å². The summed E-state index contributed by atoms with van der Waals surface area (Å²) in [5.41, 5.74) is 6.05. The first-order valence-corrected chi connectivity index (χ1v) is 7.02. The third-order valence-corrected chi connectivity index (χ3v) is 3.84. The Balaban J connectivity index is 1.96. The second-order valence-electron chi connectivity index (χ2n) is 6.15. The molecule has 0 aliphatic heterocycles. The van der Waals surface area contributed by atoms with Crippen LogP contribution in [0.4, 0.5) is 0 Å². The molecule has 0 amide bonds. The summed E-state index contributed by atoms with van der Waals surface area (Å²) in [7, 11) is 0. The first kappa shape index (κ1) is 14.0. The molecular weight excluding hydrogens is 196 g/mol. The maximum Gasteiger partial charge on any atom is 0.00991 e. The van der Waals surface area contributed by atoms with E-state index in [1.807, 2.05) is 0 Å². The smallest absolute Gasteiger partial charge is 0.00991 e. The zero-order valence-electron chi connectivity index (χ0n) is 11.4. The van der Waals surface area contributed by atoms with Gasteiger partial charge in [0.15, 0.2) is 0 Å². The van der Waals surface area contributed by atoms with Crippen molar-refractivity contribution in [1.82, 2.24) is 5.32 Å². The molecule has 1 aliphatic carbocycles. The lowest BCUT2D eigenvalue weighted by Gasteiger charge is -2.23. The van der Waals surface area contributed by atoms with Crippen molar-refractivity contribution >= 4 is 0 Å². The molecule has 0 aromatic carbocycles. The van der Waals surface area contributed by atoms with E-state index in [9.17, 15) is 0 Å². The van der Waals surface area contributed by atoms with Crippen molar-refractivity contribution in [2.75, 3.05) is 13.1 Å². The van der Waals surface area contributed by atoms with Gasteiger partial charge in [0, 0.05) is 6.04 Å². The molecule has 0 bridgehead atoms. The number of nitrogens with two attached hydrogens (primary N) is 1. The molecule has 0 saturated heterocycles. The fourth-order valence-electron chi connectivity index (χ4n) is 2.56. The number of nitrogens with one attached hydrogen (secondary N) is 1. The Morgan fingerprint density at radius 2 is 2.06 bits per heavy atom. The summed E-state index contributed by atoms with van der Waals surface area (Å²) < 4.78 is 0. The second-order valence-corrected chi connectivity index (χ2v) is 6.15. The van der Waals surface area contributed by atoms with Crippen LogP contribution in [0, 0.1) is 11.3 Å². The quantitative estimate of drug-likeness (QED) is 0.593. The molecule has 0 aromatic rings. The van der Waals surface area contributed by atoms with Crippen LogP contribution in [0.2, 0.25) is 0 Å². The minimum absolute atomic E-state index is 0.433. The van der Waals surface area contributed by atoms with Gasteiger partial charge in [0.1, 0.15) is 0 Å². The molecule has 2 atom stereocenters. The first-order valence-electron chi connectivity index (χ1n) is 7.02. The van der Waals surface area contributed by atoms with Crippen LogP contribution in [0.15, 0.2) is 0 Å². The highest BCUT2D eigenvalue weighted by atomic mass is 15.0. The molecule has 2 heteroatoms. The zero-order valence-corrected chi connectivity index (χ0v) is 11.4. The Bertz CT molecular complexity index is 189. The van der Waals surface area contributed by atoms with Gasteiger partial charge in [-0.15, -0.1) is 0 Å². The van der Waals surface area contributed by atoms with Gasteiger partial charge >= 0.3 is 0 Å². The van der Waals surface area contributed by atoms with E-state index in [1.165, 1.54) is 38.6 Å². The number of hydrogen-bond acceptors (Lipinski definition) is 2. The molecule has 0 spiro atoms. The van der Waals surface area contributed by atoms with Crippen molar-refractivity contribution in [2.24, 2.45) is 17.1 Å². The average Bonchev–Trinajstić information content (AvgIpc) is 2.92. The van der Waals surface area contributed by atoms with Crippen LogP contribution in [0.3, 0.4) is 0 Å². The van der Waals surface area contributed by atoms with Crippen LogP contribution in [0.25, 0.3) is 0 Å². The highest BCUT2D eigenvalue weighted by Gasteiger charge is 2.35. The minimum atomic E-state index is 0.433. The third-order valence-electron chi connectivity index (χ3n) is 3.84. The summed E-state index contributed by atoms with van der Waals surface area (Å²) in [5.74, 6) is 0.988. The maximum atomic E-state index is 5.61. The van der Waals surface area contributed by atoms with Gasteiger partial charge in [-0.1, -0.05) is 27.2 Å². The van der Waals surface area contributed by atoms with E-state index in [2.05, 4.69) is 26.1 Å². The molecule has 1 rings (SSSR count). The molecule has 96 valence electrons. The molecule has 2 nitrogen and oxygen atoms in total. The van der Waals surface area contributed by atoms with Gasteiger partial charge in [0.05, 0.1) is 0 Å². The van der Waals surface area contributed by atoms with Crippen LogP contribution < -0.4 is 11.1 Å². The predicted octanol–water partition coefficient (Wildman–Crippen LogP) is 2.92. The second kappa shape index (κ2) is 6.61. The monoisotopic (exact) mass is 226 g/mol. The lowest BCUT2D eigenvalue weighted by molar-refractivity contribution is 0.301. The highest BCUT2D eigenvalue weighted by molar-refractivity contribution is 4.92. The van der Waals surface area contributed by atoms with Crippen LogP contribution in [-0.4, -0.2) is 19.1 Å². The van der Waals surface area contributed by atoms with Gasteiger partial charge in [0.2, 0.25) is 0 Å². The Morgan fingerprint density at radius 1 is 1.31 bits per heavy atom. The third kappa shape index (κ3) is 5.31. The summed E-state index contributed by atoms with van der Waals surface area (Å²) in [6.45, 7) is 8.96. The molecule has 2 unspecified atom stereocenters. The normalized spacial score (nSPS) is 24.8. The fourth-order valence-corrected chi connectivity index (χ4v) is 2.56. The molecule has 3 N–H and O–H groups in total. The van der Waals surface area contributed by atoms with Crippen LogP contribution in [0.1, 0.15) is 59.3 Å². The highest BCUT2D eigenvalue weighted by Crippen LogP contribution is 2.34. The van der Waals surface area contributed by atoms with Crippen LogP contribution >= 0.6 is 0 Å². The van der Waals surface area contributed by atoms with E-state index in [-0.39, 0.29) is 0 Å². The van der Waals surface area contributed by atoms with Gasteiger partial charge in [-0.3, -0.25) is 0 Å². The Labute approximate surface area is 101 Å². The summed E-state index contributed by atoms with van der Waals surface area (Å²) >= 11 is 0. The lowest BCUT2D eigenvalue weighted by Crippen LogP contribution is -2.23. The van der Waals surface area contributed by atoms with E-state index in [0.717, 1.165) is 24.9 Å². The SMILES string of the molecule is CCCC1CC1NCCCC(C)(C)CCN. The van der Waals surface area contributed by atoms with Gasteiger partial charge in [0.25, 0.3) is 0 Å². The standard InChI is InChI=1S/C14H30N2/c1-4-6-12-11-13(12)16-10-5-7-14(2,3)8-9-15/h12-13,16H,4-11,15H2,1-3H3. The average molecular weight is 226 g/mol. The Hall–Kier alpha value is -0.0800. The van der Waals surface area contributed by atoms with Crippen LogP contribution in [0.5, 0.6) is 0 Å². The lowest BCUT2D eigenvalue weighted by atomic mass is 9.84. The topological polar surface area (TPSA) is 38.0 Å². The van der Waals surface area contributed by atoms with Crippen molar-refractivity contribution < 1.29 is 0 Å². The Kier molecular flexibility index (Phi) is 5.77. The minimum Gasteiger partial charge on any atom is -0.330 e. The maximum absolute atomic E-state index is 5.61. The van der Waals surface area contributed by atoms with E-state index in [0.29, 0.717) is 5.41 Å².